The summed E-state index contributed by atoms with van der Waals surface area (Å²) in [6.45, 7) is 0.150. The third-order valence-corrected chi connectivity index (χ3v) is 4.21. The fraction of sp³-hybridized carbons (Fsp3) is 0.273. The van der Waals surface area contributed by atoms with E-state index in [9.17, 15) is 28.0 Å². The lowest BCUT2D eigenvalue weighted by molar-refractivity contribution is -0.161. The number of Topliss-reactive ketones (excluding diaryl/α,β-unsaturated/α-hetero) is 1. The zero-order chi connectivity index (χ0) is 22.9. The summed E-state index contributed by atoms with van der Waals surface area (Å²) in [6, 6.07) is 15.2. The second kappa shape index (κ2) is 11.0. The van der Waals surface area contributed by atoms with Crippen LogP contribution in [-0.4, -0.2) is 42.1 Å². The van der Waals surface area contributed by atoms with Crippen LogP contribution in [0, 0.1) is 0 Å². The van der Waals surface area contributed by atoms with Crippen molar-refractivity contribution >= 4 is 23.6 Å². The molecule has 2 aromatic rings. The van der Waals surface area contributed by atoms with E-state index < -0.39 is 42.1 Å². The predicted molar refractivity (Wildman–Crippen MR) is 107 cm³/mol. The zero-order valence-electron chi connectivity index (χ0n) is 16.8. The van der Waals surface area contributed by atoms with Crippen LogP contribution in [0.5, 0.6) is 0 Å². The molecule has 31 heavy (non-hydrogen) atoms. The van der Waals surface area contributed by atoms with Crippen LogP contribution in [0.1, 0.15) is 18.1 Å². The molecule has 0 aliphatic rings. The SMILES string of the molecule is CC(=O)NC(Cc1ccccc1)C(=O)C(F)(F)C(=O)NCC(=O)OCc1ccccc1. The number of ketones is 1. The fourth-order valence-electron chi connectivity index (χ4n) is 2.69. The average Bonchev–Trinajstić information content (AvgIpc) is 2.76. The molecule has 0 heterocycles. The molecule has 0 saturated carbocycles. The first-order valence-electron chi connectivity index (χ1n) is 9.41. The molecule has 2 rings (SSSR count). The molecular weight excluding hydrogens is 410 g/mol. The lowest BCUT2D eigenvalue weighted by Gasteiger charge is -2.22. The molecule has 0 bridgehead atoms. The van der Waals surface area contributed by atoms with E-state index in [1.807, 2.05) is 0 Å². The number of esters is 1. The summed E-state index contributed by atoms with van der Waals surface area (Å²) in [5, 5.41) is 3.87. The minimum atomic E-state index is -4.46. The van der Waals surface area contributed by atoms with E-state index in [2.05, 4.69) is 5.32 Å². The molecule has 0 aliphatic heterocycles. The molecular formula is C22H22F2N2O5. The molecule has 7 nitrogen and oxygen atoms in total. The van der Waals surface area contributed by atoms with Gasteiger partial charge in [0.1, 0.15) is 13.2 Å². The number of ether oxygens (including phenoxy) is 1. The fourth-order valence-corrected chi connectivity index (χ4v) is 2.69. The Kier molecular flexibility index (Phi) is 8.36. The van der Waals surface area contributed by atoms with Crippen LogP contribution >= 0.6 is 0 Å². The Bertz CT molecular complexity index is 920. The van der Waals surface area contributed by atoms with E-state index in [0.29, 0.717) is 11.1 Å². The van der Waals surface area contributed by atoms with Crippen LogP contribution in [-0.2, 0) is 36.9 Å². The van der Waals surface area contributed by atoms with E-state index in [1.165, 1.54) is 0 Å². The number of hydrogen-bond donors (Lipinski definition) is 2. The molecule has 0 fully saturated rings. The number of benzene rings is 2. The van der Waals surface area contributed by atoms with Gasteiger partial charge in [-0.1, -0.05) is 60.7 Å². The number of alkyl halides is 2. The van der Waals surface area contributed by atoms with Gasteiger partial charge < -0.3 is 15.4 Å². The van der Waals surface area contributed by atoms with Crippen molar-refractivity contribution in [3.05, 3.63) is 71.8 Å². The van der Waals surface area contributed by atoms with Gasteiger partial charge in [0, 0.05) is 13.3 Å². The van der Waals surface area contributed by atoms with Crippen LogP contribution in [0.25, 0.3) is 0 Å². The van der Waals surface area contributed by atoms with Gasteiger partial charge in [-0.15, -0.1) is 0 Å². The molecule has 164 valence electrons. The first-order chi connectivity index (χ1) is 14.7. The van der Waals surface area contributed by atoms with Crippen molar-refractivity contribution in [2.24, 2.45) is 0 Å². The first-order valence-corrected chi connectivity index (χ1v) is 9.41. The van der Waals surface area contributed by atoms with Crippen molar-refractivity contribution in [1.29, 1.82) is 0 Å². The maximum atomic E-state index is 14.5. The van der Waals surface area contributed by atoms with Gasteiger partial charge >= 0.3 is 11.9 Å². The number of rotatable bonds is 10. The Morgan fingerprint density at radius 3 is 2.03 bits per heavy atom. The molecule has 1 atom stereocenters. The highest BCUT2D eigenvalue weighted by molar-refractivity contribution is 6.10. The molecule has 1 unspecified atom stereocenters. The van der Waals surface area contributed by atoms with Gasteiger partial charge in [-0.3, -0.25) is 19.2 Å². The summed E-state index contributed by atoms with van der Waals surface area (Å²) >= 11 is 0. The maximum absolute atomic E-state index is 14.5. The molecule has 0 aliphatic carbocycles. The van der Waals surface area contributed by atoms with Crippen molar-refractivity contribution in [3.63, 3.8) is 0 Å². The zero-order valence-corrected chi connectivity index (χ0v) is 16.8. The summed E-state index contributed by atoms with van der Waals surface area (Å²) in [5.41, 5.74) is 1.21. The molecule has 2 aromatic carbocycles. The van der Waals surface area contributed by atoms with Crippen LogP contribution in [0.4, 0.5) is 8.78 Å². The van der Waals surface area contributed by atoms with Crippen molar-refractivity contribution in [2.75, 3.05) is 6.54 Å². The van der Waals surface area contributed by atoms with Gasteiger partial charge in [0.2, 0.25) is 11.7 Å². The van der Waals surface area contributed by atoms with Gasteiger partial charge in [-0.25, -0.2) is 0 Å². The average molecular weight is 432 g/mol. The Balaban J connectivity index is 1.96. The number of amides is 2. The molecule has 0 saturated heterocycles. The molecule has 0 radical (unpaired) electrons. The summed E-state index contributed by atoms with van der Waals surface area (Å²) in [7, 11) is 0. The predicted octanol–water partition coefficient (Wildman–Crippen LogP) is 1.80. The molecule has 2 amide bonds. The molecule has 0 spiro atoms. The van der Waals surface area contributed by atoms with E-state index in [1.54, 1.807) is 66.0 Å². The number of carbonyl (C=O) groups excluding carboxylic acids is 4. The summed E-state index contributed by atoms with van der Waals surface area (Å²) in [5.74, 6) is -9.82. The number of carbonyl (C=O) groups is 4. The molecule has 0 aromatic heterocycles. The Morgan fingerprint density at radius 1 is 0.935 bits per heavy atom. The number of hydrogen-bond acceptors (Lipinski definition) is 5. The highest BCUT2D eigenvalue weighted by Gasteiger charge is 2.50. The molecule has 2 N–H and O–H groups in total. The number of nitrogens with one attached hydrogen (secondary N) is 2. The van der Waals surface area contributed by atoms with Gasteiger partial charge in [0.15, 0.2) is 0 Å². The van der Waals surface area contributed by atoms with Crippen LogP contribution in [0.15, 0.2) is 60.7 Å². The topological polar surface area (TPSA) is 102 Å². The largest absolute Gasteiger partial charge is 0.460 e. The Morgan fingerprint density at radius 2 is 1.48 bits per heavy atom. The number of halogens is 2. The van der Waals surface area contributed by atoms with Crippen LogP contribution < -0.4 is 10.6 Å². The standard InChI is InChI=1S/C22H22F2N2O5/c1-15(27)26-18(12-16-8-4-2-5-9-16)20(29)22(23,24)21(30)25-13-19(28)31-14-17-10-6-3-7-11-17/h2-11,18H,12-14H2,1H3,(H,25,30)(H,26,27). The van der Waals surface area contributed by atoms with Crippen molar-refractivity contribution in [2.45, 2.75) is 31.9 Å². The van der Waals surface area contributed by atoms with Crippen LogP contribution in [0.3, 0.4) is 0 Å². The third kappa shape index (κ3) is 7.29. The van der Waals surface area contributed by atoms with Crippen molar-refractivity contribution < 1.29 is 32.7 Å². The highest BCUT2D eigenvalue weighted by atomic mass is 19.3. The minimum Gasteiger partial charge on any atom is -0.460 e. The minimum absolute atomic E-state index is 0.0907. The van der Waals surface area contributed by atoms with E-state index in [0.717, 1.165) is 6.92 Å². The van der Waals surface area contributed by atoms with Gasteiger partial charge in [-0.05, 0) is 11.1 Å². The second-order valence-electron chi connectivity index (χ2n) is 6.71. The Labute approximate surface area is 177 Å². The monoisotopic (exact) mass is 432 g/mol. The van der Waals surface area contributed by atoms with Gasteiger partial charge in [0.25, 0.3) is 5.91 Å². The first kappa shape index (κ1) is 23.7. The summed E-state index contributed by atoms with van der Waals surface area (Å²) in [4.78, 5) is 47.4. The third-order valence-electron chi connectivity index (χ3n) is 4.21. The van der Waals surface area contributed by atoms with E-state index in [4.69, 9.17) is 4.74 Å². The normalized spacial score (nSPS) is 11.8. The maximum Gasteiger partial charge on any atom is 0.383 e. The lowest BCUT2D eigenvalue weighted by atomic mass is 9.98. The van der Waals surface area contributed by atoms with E-state index in [-0.39, 0.29) is 13.0 Å². The van der Waals surface area contributed by atoms with Crippen molar-refractivity contribution in [1.82, 2.24) is 10.6 Å². The highest BCUT2D eigenvalue weighted by Crippen LogP contribution is 2.19. The van der Waals surface area contributed by atoms with E-state index >= 15 is 0 Å². The smallest absolute Gasteiger partial charge is 0.383 e. The second-order valence-corrected chi connectivity index (χ2v) is 6.71. The summed E-state index contributed by atoms with van der Waals surface area (Å²) < 4.78 is 33.8. The van der Waals surface area contributed by atoms with Crippen molar-refractivity contribution in [3.8, 4) is 0 Å². The van der Waals surface area contributed by atoms with Crippen LogP contribution in [0.2, 0.25) is 0 Å². The summed E-state index contributed by atoms with van der Waals surface area (Å²) in [6.07, 6.45) is -0.221. The van der Waals surface area contributed by atoms with Gasteiger partial charge in [0.05, 0.1) is 6.04 Å². The van der Waals surface area contributed by atoms with Gasteiger partial charge in [-0.2, -0.15) is 8.78 Å². The lowest BCUT2D eigenvalue weighted by Crippen LogP contribution is -2.55. The Hall–Kier alpha value is -3.62. The quantitative estimate of drug-likeness (QED) is 0.440. The molecule has 9 heteroatoms.